The summed E-state index contributed by atoms with van der Waals surface area (Å²) in [6, 6.07) is 15.3. The van der Waals surface area contributed by atoms with E-state index in [0.29, 0.717) is 49.5 Å². The molecule has 0 fully saturated rings. The summed E-state index contributed by atoms with van der Waals surface area (Å²) >= 11 is 0.959. The highest BCUT2D eigenvalue weighted by molar-refractivity contribution is 8.13. The van der Waals surface area contributed by atoms with Crippen LogP contribution in [0.3, 0.4) is 0 Å². The van der Waals surface area contributed by atoms with Crippen molar-refractivity contribution in [1.82, 2.24) is 9.91 Å². The lowest BCUT2D eigenvalue weighted by molar-refractivity contribution is 0.0601. The van der Waals surface area contributed by atoms with Crippen LogP contribution < -0.4 is 0 Å². The van der Waals surface area contributed by atoms with Crippen LogP contribution in [-0.2, 0) is 4.74 Å². The van der Waals surface area contributed by atoms with Crippen molar-refractivity contribution in [3.63, 3.8) is 0 Å². The Morgan fingerprint density at radius 1 is 1.00 bits per heavy atom. The first-order valence-electron chi connectivity index (χ1n) is 10.6. The molecule has 170 valence electrons. The van der Waals surface area contributed by atoms with Crippen LogP contribution in [0, 0.1) is 4.91 Å². The van der Waals surface area contributed by atoms with Crippen LogP contribution in [0.4, 0.5) is 4.79 Å². The number of carbonyl (C=O) groups is 3. The van der Waals surface area contributed by atoms with Crippen LogP contribution in [0.25, 0.3) is 21.5 Å². The number of imide groups is 1. The topological polar surface area (TPSA) is 96.3 Å². The molecule has 0 saturated heterocycles. The monoisotopic (exact) mass is 465 g/mol. The summed E-state index contributed by atoms with van der Waals surface area (Å²) in [5, 5.41) is 6.49. The Morgan fingerprint density at radius 3 is 2.58 bits per heavy atom. The van der Waals surface area contributed by atoms with Crippen molar-refractivity contribution in [2.75, 3.05) is 32.6 Å². The molecule has 0 atom stereocenters. The Balaban J connectivity index is 1.35. The molecule has 8 nitrogen and oxygen atoms in total. The molecule has 9 heteroatoms. The van der Waals surface area contributed by atoms with Crippen LogP contribution in [0.1, 0.15) is 33.6 Å². The SMILES string of the molecule is CN(N=O)C(=O)SCCOCCCCN1C(=O)c2cccc3c2c(cc2ccccc23)C1=O. The molecule has 0 radical (unpaired) electrons. The number of thioether (sulfide) groups is 1. The summed E-state index contributed by atoms with van der Waals surface area (Å²) in [7, 11) is 1.30. The first kappa shape index (κ1) is 22.9. The van der Waals surface area contributed by atoms with Crippen LogP contribution in [0.2, 0.25) is 0 Å². The lowest BCUT2D eigenvalue weighted by atomic mass is 9.90. The maximum absolute atomic E-state index is 13.2. The van der Waals surface area contributed by atoms with E-state index >= 15 is 0 Å². The van der Waals surface area contributed by atoms with Crippen LogP contribution in [0.5, 0.6) is 0 Å². The van der Waals surface area contributed by atoms with Crippen LogP contribution >= 0.6 is 11.8 Å². The minimum absolute atomic E-state index is 0.266. The van der Waals surface area contributed by atoms with Crippen molar-refractivity contribution in [3.8, 4) is 0 Å². The molecule has 3 aromatic rings. The molecular formula is C24H23N3O5S. The van der Waals surface area contributed by atoms with Crippen molar-refractivity contribution < 1.29 is 19.1 Å². The second-order valence-corrected chi connectivity index (χ2v) is 8.72. The molecule has 1 aliphatic rings. The maximum Gasteiger partial charge on any atom is 0.304 e. The lowest BCUT2D eigenvalue weighted by Crippen LogP contribution is -2.41. The highest BCUT2D eigenvalue weighted by Gasteiger charge is 2.32. The number of nitrogens with zero attached hydrogens (tertiary/aromatic N) is 3. The zero-order chi connectivity index (χ0) is 23.4. The molecule has 0 N–H and O–H groups in total. The molecule has 0 aromatic heterocycles. The Kier molecular flexibility index (Phi) is 7.00. The van der Waals surface area contributed by atoms with Gasteiger partial charge in [0.15, 0.2) is 0 Å². The minimum atomic E-state index is -0.432. The first-order chi connectivity index (χ1) is 16.0. The van der Waals surface area contributed by atoms with Gasteiger partial charge in [-0.15, -0.1) is 4.91 Å². The van der Waals surface area contributed by atoms with Gasteiger partial charge in [0.2, 0.25) is 0 Å². The molecule has 0 spiro atoms. The van der Waals surface area contributed by atoms with Crippen molar-refractivity contribution >= 4 is 50.4 Å². The quantitative estimate of drug-likeness (QED) is 0.147. The zero-order valence-corrected chi connectivity index (χ0v) is 19.0. The smallest absolute Gasteiger partial charge is 0.304 e. The summed E-state index contributed by atoms with van der Waals surface area (Å²) in [5.74, 6) is -0.119. The van der Waals surface area contributed by atoms with E-state index in [2.05, 4.69) is 5.29 Å². The number of hydrogen-bond acceptors (Lipinski definition) is 7. The predicted molar refractivity (Wildman–Crippen MR) is 128 cm³/mol. The van der Waals surface area contributed by atoms with Gasteiger partial charge in [-0.05, 0) is 41.1 Å². The Hall–Kier alpha value is -3.30. The van der Waals surface area contributed by atoms with Crippen molar-refractivity contribution in [2.45, 2.75) is 12.8 Å². The molecule has 0 unspecified atom stereocenters. The molecule has 0 aliphatic carbocycles. The fraction of sp³-hybridized carbons (Fsp3) is 0.292. The fourth-order valence-electron chi connectivity index (χ4n) is 3.99. The average Bonchev–Trinajstić information content (AvgIpc) is 2.84. The molecule has 3 aromatic carbocycles. The highest BCUT2D eigenvalue weighted by atomic mass is 32.2. The van der Waals surface area contributed by atoms with E-state index in [-0.39, 0.29) is 11.8 Å². The Labute approximate surface area is 194 Å². The van der Waals surface area contributed by atoms with Gasteiger partial charge in [0, 0.05) is 42.5 Å². The summed E-state index contributed by atoms with van der Waals surface area (Å²) in [6.07, 6.45) is 1.28. The third-order valence-electron chi connectivity index (χ3n) is 5.60. The Morgan fingerprint density at radius 2 is 1.76 bits per heavy atom. The number of unbranched alkanes of at least 4 members (excludes halogenated alkanes) is 1. The third kappa shape index (κ3) is 4.60. The summed E-state index contributed by atoms with van der Waals surface area (Å²) < 4.78 is 5.50. The normalized spacial score (nSPS) is 13.1. The van der Waals surface area contributed by atoms with Gasteiger partial charge in [-0.2, -0.15) is 5.01 Å². The number of carbonyl (C=O) groups excluding carboxylic acids is 3. The van der Waals surface area contributed by atoms with Crippen molar-refractivity contribution in [3.05, 3.63) is 64.6 Å². The average molecular weight is 466 g/mol. The second kappa shape index (κ2) is 10.1. The first-order valence-corrected chi connectivity index (χ1v) is 11.6. The van der Waals surface area contributed by atoms with E-state index in [1.54, 1.807) is 6.07 Å². The number of hydrogen-bond donors (Lipinski definition) is 0. The van der Waals surface area contributed by atoms with Gasteiger partial charge in [0.05, 0.1) is 11.9 Å². The molecule has 33 heavy (non-hydrogen) atoms. The van der Waals surface area contributed by atoms with E-state index < -0.39 is 5.24 Å². The molecule has 0 bridgehead atoms. The Bertz CT molecular complexity index is 1250. The van der Waals surface area contributed by atoms with Gasteiger partial charge in [0.1, 0.15) is 0 Å². The minimum Gasteiger partial charge on any atom is -0.381 e. The van der Waals surface area contributed by atoms with Gasteiger partial charge in [-0.25, -0.2) is 0 Å². The van der Waals surface area contributed by atoms with Gasteiger partial charge < -0.3 is 4.74 Å². The molecular weight excluding hydrogens is 442 g/mol. The summed E-state index contributed by atoms with van der Waals surface area (Å²) in [6.45, 7) is 1.11. The van der Waals surface area contributed by atoms with Gasteiger partial charge in [-0.3, -0.25) is 19.3 Å². The fourth-order valence-corrected chi connectivity index (χ4v) is 4.58. The van der Waals surface area contributed by atoms with E-state index in [4.69, 9.17) is 4.74 Å². The van der Waals surface area contributed by atoms with E-state index in [1.807, 2.05) is 42.5 Å². The molecule has 1 aliphatic heterocycles. The van der Waals surface area contributed by atoms with Crippen LogP contribution in [-0.4, -0.2) is 59.5 Å². The van der Waals surface area contributed by atoms with Gasteiger partial charge >= 0.3 is 5.24 Å². The number of amides is 3. The molecule has 4 rings (SSSR count). The summed E-state index contributed by atoms with van der Waals surface area (Å²) in [4.78, 5) is 49.3. The van der Waals surface area contributed by atoms with E-state index in [9.17, 15) is 19.3 Å². The largest absolute Gasteiger partial charge is 0.381 e. The molecule has 3 amide bonds. The standard InChI is InChI=1S/C24H23N3O5S/c1-26(25-31)24(30)33-14-13-32-12-5-4-11-27-22(28)19-10-6-9-18-17-8-3-2-7-16(17)15-20(21(18)19)23(27)29/h2-3,6-10,15H,4-5,11-14H2,1H3. The molecule has 1 heterocycles. The van der Waals surface area contributed by atoms with Crippen molar-refractivity contribution in [1.29, 1.82) is 0 Å². The zero-order valence-electron chi connectivity index (χ0n) is 18.2. The lowest BCUT2D eigenvalue weighted by Gasteiger charge is -2.27. The van der Waals surface area contributed by atoms with Crippen LogP contribution in [0.15, 0.2) is 53.8 Å². The van der Waals surface area contributed by atoms with Crippen molar-refractivity contribution in [2.24, 2.45) is 5.29 Å². The van der Waals surface area contributed by atoms with Gasteiger partial charge in [0.25, 0.3) is 11.8 Å². The number of benzene rings is 3. The number of nitroso groups, excluding NO2 is 1. The molecule has 0 saturated carbocycles. The highest BCUT2D eigenvalue weighted by Crippen LogP contribution is 2.35. The van der Waals surface area contributed by atoms with Gasteiger partial charge in [-0.1, -0.05) is 48.2 Å². The number of rotatable bonds is 9. The predicted octanol–water partition coefficient (Wildman–Crippen LogP) is 4.85. The second-order valence-electron chi connectivity index (χ2n) is 7.67. The van der Waals surface area contributed by atoms with E-state index in [0.717, 1.165) is 38.3 Å². The third-order valence-corrected chi connectivity index (χ3v) is 6.48. The number of fused-ring (bicyclic) bond motifs is 2. The van der Waals surface area contributed by atoms with E-state index in [1.165, 1.54) is 11.9 Å². The maximum atomic E-state index is 13.2. The summed E-state index contributed by atoms with van der Waals surface area (Å²) in [5.41, 5.74) is 1.12. The number of ether oxygens (including phenoxy) is 1.